The number of halogens is 1. The fourth-order valence-electron chi connectivity index (χ4n) is 4.15. The van der Waals surface area contributed by atoms with Crippen LogP contribution in [0.25, 0.3) is 5.16 Å². The van der Waals surface area contributed by atoms with Crippen molar-refractivity contribution >= 4 is 32.3 Å². The molecule has 3 aromatic rings. The van der Waals surface area contributed by atoms with Crippen LogP contribution in [0.3, 0.4) is 0 Å². The van der Waals surface area contributed by atoms with Gasteiger partial charge < -0.3 is 20.0 Å². The molecule has 2 saturated carbocycles. The van der Waals surface area contributed by atoms with Crippen molar-refractivity contribution in [1.29, 1.82) is 0 Å². The van der Waals surface area contributed by atoms with Crippen LogP contribution >= 0.6 is 16.4 Å². The molecule has 34 heavy (non-hydrogen) atoms. The summed E-state index contributed by atoms with van der Waals surface area (Å²) < 4.78 is 0. The van der Waals surface area contributed by atoms with E-state index in [0.29, 0.717) is 0 Å². The fraction of sp³-hybridized carbons (Fsp3) is 0.333. The first kappa shape index (κ1) is 32.9. The number of nitrogens with zero attached hydrogens (tertiary/aromatic N) is 1. The molecule has 1 nitrogen and oxygen atoms in total. The molecule has 182 valence electrons. The molecule has 0 saturated heterocycles. The molecule has 2 aliphatic carbocycles. The van der Waals surface area contributed by atoms with E-state index in [1.54, 1.807) is 0 Å². The van der Waals surface area contributed by atoms with Gasteiger partial charge in [0, 0.05) is 0 Å². The van der Waals surface area contributed by atoms with Crippen LogP contribution in [0.5, 0.6) is 0 Å². The van der Waals surface area contributed by atoms with Crippen LogP contribution in [0.15, 0.2) is 91.0 Å². The quantitative estimate of drug-likeness (QED) is 0.183. The second-order valence-corrected chi connectivity index (χ2v) is 11.0. The Hall–Kier alpha value is -1.11. The van der Waals surface area contributed by atoms with E-state index >= 15 is 0 Å². The van der Waals surface area contributed by atoms with Gasteiger partial charge in [0.25, 0.3) is 0 Å². The second-order valence-electron chi connectivity index (χ2n) is 8.18. The zero-order valence-electron chi connectivity index (χ0n) is 21.0. The first-order valence-electron chi connectivity index (χ1n) is 11.8. The normalized spacial score (nSPS) is 13.9. The molecule has 0 unspecified atom stereocenters. The maximum absolute atomic E-state index is 11.5. The van der Waals surface area contributed by atoms with Crippen LogP contribution in [0.2, 0.25) is 0 Å². The smallest absolute Gasteiger partial charge is 0.0372 e. The van der Waals surface area contributed by atoms with Gasteiger partial charge in [0.15, 0.2) is 0 Å². The zero-order chi connectivity index (χ0) is 22.9. The Morgan fingerprint density at radius 2 is 0.618 bits per heavy atom. The molecule has 0 bridgehead atoms. The third-order valence-electron chi connectivity index (χ3n) is 5.89. The van der Waals surface area contributed by atoms with E-state index in [4.69, 9.17) is 0 Å². The maximum atomic E-state index is 11.5. The zero-order valence-corrected chi connectivity index (χ0v) is 24.2. The molecule has 2 aliphatic rings. The van der Waals surface area contributed by atoms with E-state index in [1.807, 2.05) is 91.0 Å². The van der Waals surface area contributed by atoms with E-state index in [0.717, 1.165) is 15.9 Å². The van der Waals surface area contributed by atoms with Gasteiger partial charge in [0.1, 0.15) is 0 Å². The summed E-state index contributed by atoms with van der Waals surface area (Å²) in [5.41, 5.74) is 0. The van der Waals surface area contributed by atoms with Crippen molar-refractivity contribution in [2.75, 3.05) is 0 Å². The number of rotatable bonds is 3. The second kappa shape index (κ2) is 20.1. The molecule has 0 aliphatic heterocycles. The van der Waals surface area contributed by atoms with Gasteiger partial charge in [-0.1, -0.05) is 155 Å². The molecule has 0 spiro atoms. The summed E-state index contributed by atoms with van der Waals surface area (Å²) >= 11 is 1.47. The molecule has 2 fully saturated rings. The van der Waals surface area contributed by atoms with Crippen LogP contribution in [0, 0.1) is 14.9 Å². The summed E-state index contributed by atoms with van der Waals surface area (Å²) in [5.74, 6) is 0. The minimum absolute atomic E-state index is 0. The molecule has 0 amide bonds. The molecule has 0 aromatic heterocycles. The van der Waals surface area contributed by atoms with Crippen LogP contribution in [-0.4, -0.2) is 0 Å². The summed E-state index contributed by atoms with van der Waals surface area (Å²) in [5, 5.41) is 14.5. The third kappa shape index (κ3) is 10.7. The summed E-state index contributed by atoms with van der Waals surface area (Å²) in [7, 11) is 2.11. The largest absolute Gasteiger partial charge is 0.797 e. The molecular weight excluding hydrogens is 489 g/mol. The predicted molar refractivity (Wildman–Crippen MR) is 153 cm³/mol. The molecule has 5 rings (SSSR count). The van der Waals surface area contributed by atoms with E-state index in [2.05, 4.69) is 9.30 Å². The Balaban J connectivity index is 0.000000643. The van der Waals surface area contributed by atoms with Crippen molar-refractivity contribution in [3.8, 4) is 0 Å². The summed E-state index contributed by atoms with van der Waals surface area (Å²) in [6.45, 7) is 0. The van der Waals surface area contributed by atoms with Gasteiger partial charge in [-0.15, -0.1) is 7.05 Å². The Morgan fingerprint density at radius 1 is 0.441 bits per heavy atom. The van der Waals surface area contributed by atoms with Gasteiger partial charge in [-0.2, -0.15) is 0 Å². The third-order valence-corrected chi connectivity index (χ3v) is 9.03. The maximum Gasteiger partial charge on any atom is -0.0372 e. The minimum atomic E-state index is -2.53. The average molecular weight is 530 g/mol. The van der Waals surface area contributed by atoms with Gasteiger partial charge in [0.05, 0.1) is 0 Å². The van der Waals surface area contributed by atoms with E-state index in [-0.39, 0.29) is 14.9 Å². The first-order chi connectivity index (χ1) is 15.8. The predicted octanol–water partition coefficient (Wildman–Crippen LogP) is 9.22. The van der Waals surface area contributed by atoms with E-state index < -0.39 is 7.05 Å². The molecule has 0 heterocycles. The van der Waals surface area contributed by atoms with Gasteiger partial charge in [-0.3, -0.25) is 0 Å². The Labute approximate surface area is 225 Å². The van der Waals surface area contributed by atoms with Gasteiger partial charge in [-0.05, 0) is 15.9 Å². The van der Waals surface area contributed by atoms with E-state index in [1.165, 1.54) is 83.6 Å². The fourth-order valence-corrected chi connectivity index (χ4v) is 6.85. The molecule has 4 heteroatoms. The van der Waals surface area contributed by atoms with Crippen LogP contribution in [0.4, 0.5) is 0 Å². The number of benzene rings is 3. The first-order valence-corrected chi connectivity index (χ1v) is 15.7. The Kier molecular flexibility index (Phi) is 19.5. The number of hydrogen-bond acceptors (Lipinski definition) is 0. The Bertz CT molecular complexity index is 751. The van der Waals surface area contributed by atoms with Crippen LogP contribution < -0.4 is 15.9 Å². The monoisotopic (exact) mass is 529 g/mol. The summed E-state index contributed by atoms with van der Waals surface area (Å²) in [4.78, 5) is 0. The Morgan fingerprint density at radius 3 is 0.794 bits per heavy atom. The van der Waals surface area contributed by atoms with Crippen molar-refractivity contribution in [1.82, 2.24) is 0 Å². The van der Waals surface area contributed by atoms with Crippen molar-refractivity contribution in [3.63, 3.8) is 0 Å². The van der Waals surface area contributed by atoms with Crippen molar-refractivity contribution in [2.24, 2.45) is 0 Å². The van der Waals surface area contributed by atoms with Crippen molar-refractivity contribution in [2.45, 2.75) is 64.2 Å². The van der Waals surface area contributed by atoms with Crippen LogP contribution in [0.1, 0.15) is 64.2 Å². The van der Waals surface area contributed by atoms with E-state index in [9.17, 15) is 5.16 Å². The van der Waals surface area contributed by atoms with Gasteiger partial charge in [-0.25, -0.2) is 0 Å². The van der Waals surface area contributed by atoms with Gasteiger partial charge in [0.2, 0.25) is 0 Å². The molecule has 0 N–H and O–H groups in total. The topological polar surface area (TPSA) is 22.3 Å². The summed E-state index contributed by atoms with van der Waals surface area (Å²) in [6, 6.07) is 29.8. The molecule has 0 radical (unpaired) electrons. The summed E-state index contributed by atoms with van der Waals surface area (Å²) in [6.07, 6.45) is 15.0. The average Bonchev–Trinajstić information content (AvgIpc) is 3.66. The minimum Gasteiger partial charge on any atom is -0.797 e. The standard InChI is InChI=1S/C18H15NP.2C5H10.2CH3.ClH.Ti/c19-20(16-10-4-1-5-11-16,17-12-6-2-7-13-17)18-14-8-3-9-15-18;2*1-2-4-5-3-1;;;;/h1-15H;2*1-5H2;2*1H3;1H;/q-1;;;2*-1;;+4/p-1. The van der Waals surface area contributed by atoms with Crippen molar-refractivity contribution < 1.29 is 19.4 Å². The SMILES string of the molecule is C1CCCC1.C1CCCC1.[CH3-].[CH3-].[Cl][Ti+3].[N-]=P(c1ccccc1)(c1ccccc1)c1ccccc1. The van der Waals surface area contributed by atoms with Gasteiger partial charge >= 0.3 is 28.7 Å². The molecule has 0 atom stereocenters. The molecular formula is C30H41ClNPTi. The van der Waals surface area contributed by atoms with Crippen LogP contribution in [-0.2, 0) is 19.4 Å². The van der Waals surface area contributed by atoms with Crippen molar-refractivity contribution in [3.05, 3.63) is 111 Å². The number of hydrogen-bond donors (Lipinski definition) is 0. The molecule has 3 aromatic carbocycles.